The molecule has 0 aliphatic heterocycles. The van der Waals surface area contributed by atoms with Crippen LogP contribution >= 0.6 is 0 Å². The number of guanidine groups is 1. The molecule has 0 aliphatic carbocycles. The number of nitrogens with one attached hydrogen (secondary N) is 2. The number of hydrogen-bond donors (Lipinski definition) is 2. The highest BCUT2D eigenvalue weighted by Crippen LogP contribution is 2.18. The van der Waals surface area contributed by atoms with Gasteiger partial charge in [-0.1, -0.05) is 25.5 Å². The SMILES string of the molecule is CCCCOc1ncccc1CNC(=NC)Nc1cccc(OCCCOC)c1. The second-order valence-corrected chi connectivity index (χ2v) is 6.44. The normalized spacial score (nSPS) is 11.2. The number of nitrogens with zero attached hydrogens (tertiary/aromatic N) is 2. The Morgan fingerprint density at radius 1 is 1.07 bits per heavy atom. The van der Waals surface area contributed by atoms with Gasteiger partial charge in [-0.25, -0.2) is 4.98 Å². The van der Waals surface area contributed by atoms with Gasteiger partial charge in [-0.15, -0.1) is 0 Å². The summed E-state index contributed by atoms with van der Waals surface area (Å²) in [6.45, 7) is 4.67. The minimum atomic E-state index is 0.558. The molecule has 0 amide bonds. The van der Waals surface area contributed by atoms with Crippen LogP contribution in [0.25, 0.3) is 0 Å². The zero-order chi connectivity index (χ0) is 20.7. The summed E-state index contributed by atoms with van der Waals surface area (Å²) in [5.74, 6) is 2.13. The molecule has 0 saturated heterocycles. The molecule has 0 atom stereocenters. The van der Waals surface area contributed by atoms with Crippen LogP contribution in [0.15, 0.2) is 47.6 Å². The highest BCUT2D eigenvalue weighted by molar-refractivity contribution is 5.93. The van der Waals surface area contributed by atoms with E-state index in [4.69, 9.17) is 14.2 Å². The maximum Gasteiger partial charge on any atom is 0.218 e. The average molecular weight is 401 g/mol. The summed E-state index contributed by atoms with van der Waals surface area (Å²) in [7, 11) is 3.43. The summed E-state index contributed by atoms with van der Waals surface area (Å²) >= 11 is 0. The van der Waals surface area contributed by atoms with Crippen molar-refractivity contribution in [3.05, 3.63) is 48.2 Å². The van der Waals surface area contributed by atoms with E-state index in [0.29, 0.717) is 38.2 Å². The number of pyridine rings is 1. The fourth-order valence-corrected chi connectivity index (χ4v) is 2.55. The highest BCUT2D eigenvalue weighted by Gasteiger charge is 2.07. The van der Waals surface area contributed by atoms with E-state index < -0.39 is 0 Å². The van der Waals surface area contributed by atoms with E-state index in [0.717, 1.165) is 36.3 Å². The topological polar surface area (TPSA) is 77.0 Å². The first-order chi connectivity index (χ1) is 14.3. The number of anilines is 1. The first-order valence-electron chi connectivity index (χ1n) is 10.0. The van der Waals surface area contributed by atoms with E-state index in [1.54, 1.807) is 20.4 Å². The lowest BCUT2D eigenvalue weighted by Gasteiger charge is -2.15. The smallest absolute Gasteiger partial charge is 0.218 e. The largest absolute Gasteiger partial charge is 0.493 e. The van der Waals surface area contributed by atoms with Gasteiger partial charge in [0.25, 0.3) is 0 Å². The van der Waals surface area contributed by atoms with Crippen molar-refractivity contribution in [2.24, 2.45) is 4.99 Å². The Bertz CT molecular complexity index is 752. The van der Waals surface area contributed by atoms with Crippen LogP contribution in [0.4, 0.5) is 5.69 Å². The predicted molar refractivity (Wildman–Crippen MR) is 117 cm³/mol. The van der Waals surface area contributed by atoms with Gasteiger partial charge in [0.15, 0.2) is 5.96 Å². The van der Waals surface area contributed by atoms with Gasteiger partial charge in [-0.2, -0.15) is 0 Å². The van der Waals surface area contributed by atoms with Crippen LogP contribution in [-0.2, 0) is 11.3 Å². The average Bonchev–Trinajstić information content (AvgIpc) is 2.75. The number of benzene rings is 1. The van der Waals surface area contributed by atoms with Crippen LogP contribution in [0.3, 0.4) is 0 Å². The molecule has 2 N–H and O–H groups in total. The van der Waals surface area contributed by atoms with Gasteiger partial charge in [0.1, 0.15) is 5.75 Å². The van der Waals surface area contributed by atoms with Gasteiger partial charge in [-0.05, 0) is 24.6 Å². The van der Waals surface area contributed by atoms with Gasteiger partial charge in [0.2, 0.25) is 5.88 Å². The van der Waals surface area contributed by atoms with Crippen molar-refractivity contribution in [1.82, 2.24) is 10.3 Å². The van der Waals surface area contributed by atoms with Crippen LogP contribution in [0, 0.1) is 0 Å². The molecule has 7 nitrogen and oxygen atoms in total. The van der Waals surface area contributed by atoms with Crippen LogP contribution in [0.5, 0.6) is 11.6 Å². The van der Waals surface area contributed by atoms with E-state index in [-0.39, 0.29) is 0 Å². The van der Waals surface area contributed by atoms with Crippen molar-refractivity contribution >= 4 is 11.6 Å². The second kappa shape index (κ2) is 13.4. The van der Waals surface area contributed by atoms with E-state index in [1.807, 2.05) is 36.4 Å². The number of ether oxygens (including phenoxy) is 3. The standard InChI is InChI=1S/C22H32N4O3/c1-4-5-14-29-21-18(9-7-12-24-21)17-25-22(23-2)26-19-10-6-11-20(16-19)28-15-8-13-27-3/h6-7,9-12,16H,4-5,8,13-15,17H2,1-3H3,(H2,23,25,26). The second-order valence-electron chi connectivity index (χ2n) is 6.44. The van der Waals surface area contributed by atoms with Crippen LogP contribution in [0.2, 0.25) is 0 Å². The lowest BCUT2D eigenvalue weighted by molar-refractivity contribution is 0.172. The third-order valence-electron chi connectivity index (χ3n) is 4.11. The fourth-order valence-electron chi connectivity index (χ4n) is 2.55. The zero-order valence-corrected chi connectivity index (χ0v) is 17.6. The zero-order valence-electron chi connectivity index (χ0n) is 17.6. The third-order valence-corrected chi connectivity index (χ3v) is 4.11. The van der Waals surface area contributed by atoms with Gasteiger partial charge in [-0.3, -0.25) is 4.99 Å². The lowest BCUT2D eigenvalue weighted by Crippen LogP contribution is -2.30. The molecular formula is C22H32N4O3. The number of unbranched alkanes of at least 4 members (excludes halogenated alkanes) is 1. The number of hydrogen-bond acceptors (Lipinski definition) is 5. The van der Waals surface area contributed by atoms with E-state index >= 15 is 0 Å². The Balaban J connectivity index is 1.90. The number of aliphatic imine (C=N–C) groups is 1. The molecule has 0 saturated carbocycles. The minimum Gasteiger partial charge on any atom is -0.493 e. The quantitative estimate of drug-likeness (QED) is 0.320. The van der Waals surface area contributed by atoms with E-state index in [1.165, 1.54) is 0 Å². The maximum absolute atomic E-state index is 5.80. The van der Waals surface area contributed by atoms with Crippen molar-refractivity contribution < 1.29 is 14.2 Å². The molecule has 7 heteroatoms. The van der Waals surface area contributed by atoms with Gasteiger partial charge >= 0.3 is 0 Å². The van der Waals surface area contributed by atoms with Crippen molar-refractivity contribution in [1.29, 1.82) is 0 Å². The Morgan fingerprint density at radius 2 is 1.93 bits per heavy atom. The van der Waals surface area contributed by atoms with Crippen molar-refractivity contribution in [3.8, 4) is 11.6 Å². The molecule has 0 spiro atoms. The third kappa shape index (κ3) is 8.39. The Labute approximate surface area is 173 Å². The van der Waals surface area contributed by atoms with Crippen molar-refractivity contribution in [3.63, 3.8) is 0 Å². The summed E-state index contributed by atoms with van der Waals surface area (Å²) in [6.07, 6.45) is 4.70. The molecule has 1 aromatic carbocycles. The number of methoxy groups -OCH3 is 1. The monoisotopic (exact) mass is 400 g/mol. The van der Waals surface area contributed by atoms with Crippen LogP contribution in [0.1, 0.15) is 31.7 Å². The molecule has 0 unspecified atom stereocenters. The van der Waals surface area contributed by atoms with Crippen LogP contribution in [-0.4, -0.2) is 44.9 Å². The van der Waals surface area contributed by atoms with Gasteiger partial charge in [0.05, 0.1) is 13.2 Å². The van der Waals surface area contributed by atoms with Crippen molar-refractivity contribution in [2.75, 3.05) is 39.3 Å². The first-order valence-corrected chi connectivity index (χ1v) is 10.0. The summed E-state index contributed by atoms with van der Waals surface area (Å²) in [5, 5.41) is 6.59. The molecule has 1 heterocycles. The molecule has 158 valence electrons. The summed E-state index contributed by atoms with van der Waals surface area (Å²) < 4.78 is 16.6. The number of aromatic nitrogens is 1. The van der Waals surface area contributed by atoms with Crippen molar-refractivity contribution in [2.45, 2.75) is 32.7 Å². The Kier molecular flexibility index (Phi) is 10.4. The first kappa shape index (κ1) is 22.5. The highest BCUT2D eigenvalue weighted by atomic mass is 16.5. The summed E-state index contributed by atoms with van der Waals surface area (Å²) in [5.41, 5.74) is 1.88. The summed E-state index contributed by atoms with van der Waals surface area (Å²) in [4.78, 5) is 8.64. The van der Waals surface area contributed by atoms with Crippen LogP contribution < -0.4 is 20.1 Å². The molecule has 0 aliphatic rings. The fraction of sp³-hybridized carbons (Fsp3) is 0.455. The van der Waals surface area contributed by atoms with E-state index in [2.05, 4.69) is 27.5 Å². The molecule has 2 rings (SSSR count). The molecule has 0 radical (unpaired) electrons. The lowest BCUT2D eigenvalue weighted by atomic mass is 10.2. The predicted octanol–water partition coefficient (Wildman–Crippen LogP) is 3.86. The minimum absolute atomic E-state index is 0.558. The van der Waals surface area contributed by atoms with Gasteiger partial charge < -0.3 is 24.8 Å². The molecule has 0 bridgehead atoms. The van der Waals surface area contributed by atoms with Gasteiger partial charge in [0, 0.05) is 57.2 Å². The molecular weight excluding hydrogens is 368 g/mol. The Morgan fingerprint density at radius 3 is 2.72 bits per heavy atom. The molecule has 29 heavy (non-hydrogen) atoms. The number of rotatable bonds is 12. The Hall–Kier alpha value is -2.80. The molecule has 2 aromatic rings. The maximum atomic E-state index is 5.80. The van der Waals surface area contributed by atoms with E-state index in [9.17, 15) is 0 Å². The summed E-state index contributed by atoms with van der Waals surface area (Å²) in [6, 6.07) is 11.7. The molecule has 1 aromatic heterocycles. The molecule has 0 fully saturated rings.